The number of ether oxygens (including phenoxy) is 2. The van der Waals surface area contributed by atoms with Gasteiger partial charge in [0, 0.05) is 34.5 Å². The Morgan fingerprint density at radius 2 is 1.52 bits per heavy atom. The van der Waals surface area contributed by atoms with E-state index in [0.717, 1.165) is 0 Å². The number of fused-ring (bicyclic) bond motifs is 6. The number of aromatic hydroxyl groups is 2. The fourth-order valence-electron chi connectivity index (χ4n) is 5.62. The minimum absolute atomic E-state index is 0.0947. The van der Waals surface area contributed by atoms with Crippen molar-refractivity contribution in [2.75, 3.05) is 9.62 Å². The lowest BCUT2D eigenvalue weighted by Gasteiger charge is -2.36. The molecule has 19 heteroatoms. The Bertz CT molecular complexity index is 2360. The topological polar surface area (TPSA) is 237 Å². The summed E-state index contributed by atoms with van der Waals surface area (Å²) in [5.74, 6) is -0.526. The van der Waals surface area contributed by atoms with E-state index in [-0.39, 0.29) is 49.4 Å². The first-order valence-electron chi connectivity index (χ1n) is 13.5. The highest BCUT2D eigenvalue weighted by atomic mass is 32.2. The zero-order chi connectivity index (χ0) is 34.2. The maximum atomic E-state index is 13.9. The van der Waals surface area contributed by atoms with Crippen LogP contribution in [0.25, 0.3) is 0 Å². The summed E-state index contributed by atoms with van der Waals surface area (Å²) in [6, 6.07) is 19.0. The van der Waals surface area contributed by atoms with E-state index in [1.165, 1.54) is 53.4 Å². The molecule has 1 aromatic heterocycles. The van der Waals surface area contributed by atoms with Gasteiger partial charge in [-0.2, -0.15) is 0 Å². The van der Waals surface area contributed by atoms with Crippen LogP contribution in [0.2, 0.25) is 0 Å². The average Bonchev–Trinajstić information content (AvgIpc) is 3.60. The number of benzene rings is 4. The number of hydrogen-bond donors (Lipinski definition) is 5. The molecule has 0 fully saturated rings. The van der Waals surface area contributed by atoms with Crippen molar-refractivity contribution < 1.29 is 41.3 Å². The largest absolute Gasteiger partial charge is 0.508 e. The van der Waals surface area contributed by atoms with Gasteiger partial charge in [-0.1, -0.05) is 23.5 Å². The molecule has 0 bridgehead atoms. The molecule has 0 radical (unpaired) electrons. The number of nitrogens with one attached hydrogen (secondary N) is 1. The predicted molar refractivity (Wildman–Crippen MR) is 175 cm³/mol. The van der Waals surface area contributed by atoms with E-state index in [9.17, 15) is 31.8 Å². The van der Waals surface area contributed by atoms with Crippen molar-refractivity contribution in [2.45, 2.75) is 14.8 Å². The Morgan fingerprint density at radius 3 is 2.08 bits per heavy atom. The number of anilines is 3. The number of phenolic OH excluding ortho intramolecular Hbond substituents is 2. The summed E-state index contributed by atoms with van der Waals surface area (Å²) >= 11 is 5.83. The van der Waals surface area contributed by atoms with Crippen LogP contribution in [0.4, 0.5) is 16.5 Å². The quantitative estimate of drug-likeness (QED) is 0.125. The number of hydrogen-bond acceptors (Lipinski definition) is 13. The number of esters is 1. The Kier molecular flexibility index (Phi) is 7.07. The Labute approximate surface area is 281 Å². The fraction of sp³-hybridized carbons (Fsp3) is 0.0345. The molecule has 0 amide bonds. The van der Waals surface area contributed by atoms with E-state index in [1.54, 1.807) is 30.3 Å². The molecule has 3 heterocycles. The molecular weight excluding hydrogens is 705 g/mol. The van der Waals surface area contributed by atoms with Crippen LogP contribution in [0.15, 0.2) is 88.1 Å². The second-order valence-electron chi connectivity index (χ2n) is 10.4. The number of sulfonamides is 2. The maximum absolute atomic E-state index is 13.9. The normalized spacial score (nSPS) is 14.3. The Balaban J connectivity index is 1.31. The van der Waals surface area contributed by atoms with Crippen LogP contribution in [-0.2, 0) is 30.4 Å². The van der Waals surface area contributed by atoms with E-state index in [0.29, 0.717) is 33.7 Å². The summed E-state index contributed by atoms with van der Waals surface area (Å²) in [4.78, 5) is 15.0. The number of carbonyl (C=O) groups is 1. The molecule has 0 unspecified atom stereocenters. The van der Waals surface area contributed by atoms with Crippen LogP contribution in [0.3, 0.4) is 0 Å². The summed E-state index contributed by atoms with van der Waals surface area (Å²) in [6.45, 7) is 0. The van der Waals surface area contributed by atoms with Gasteiger partial charge < -0.3 is 25.4 Å². The van der Waals surface area contributed by atoms with Gasteiger partial charge in [-0.3, -0.25) is 9.62 Å². The first-order chi connectivity index (χ1) is 22.7. The smallest absolute Gasteiger partial charge is 0.342 e. The lowest BCUT2D eigenvalue weighted by molar-refractivity contribution is 0.0224. The van der Waals surface area contributed by atoms with E-state index < -0.39 is 36.0 Å². The summed E-state index contributed by atoms with van der Waals surface area (Å²) < 4.78 is 62.9. The van der Waals surface area contributed by atoms with Crippen molar-refractivity contribution in [1.82, 2.24) is 10.2 Å². The second-order valence-corrected chi connectivity index (χ2v) is 15.2. The number of rotatable bonds is 6. The molecule has 1 spiro atoms. The second kappa shape index (κ2) is 10.9. The molecule has 15 nitrogen and oxygen atoms in total. The number of nitrogens with zero attached hydrogens (tertiary/aromatic N) is 3. The predicted octanol–water partition coefficient (Wildman–Crippen LogP) is 3.35. The van der Waals surface area contributed by atoms with Crippen LogP contribution in [0.1, 0.15) is 27.0 Å². The van der Waals surface area contributed by atoms with Gasteiger partial charge in [0.1, 0.15) is 23.0 Å². The Morgan fingerprint density at radius 1 is 0.896 bits per heavy atom. The lowest BCUT2D eigenvalue weighted by atomic mass is 9.77. The highest BCUT2D eigenvalue weighted by molar-refractivity contribution is 7.93. The molecule has 244 valence electrons. The fourth-order valence-corrected chi connectivity index (χ4v) is 8.38. The summed E-state index contributed by atoms with van der Waals surface area (Å²) in [5, 5.41) is 31.8. The third-order valence-corrected chi connectivity index (χ3v) is 11.3. The van der Waals surface area contributed by atoms with E-state index in [4.69, 9.17) is 32.6 Å². The minimum atomic E-state index is -4.25. The van der Waals surface area contributed by atoms with Crippen LogP contribution in [-0.4, -0.2) is 48.3 Å². The van der Waals surface area contributed by atoms with Gasteiger partial charge in [0.2, 0.25) is 9.47 Å². The van der Waals surface area contributed by atoms with Gasteiger partial charge in [-0.05, 0) is 66.8 Å². The van der Waals surface area contributed by atoms with Crippen molar-refractivity contribution in [3.8, 4) is 23.0 Å². The van der Waals surface area contributed by atoms with Crippen molar-refractivity contribution in [2.24, 2.45) is 10.9 Å². The maximum Gasteiger partial charge on any atom is 0.342 e. The number of aromatic nitrogens is 2. The van der Waals surface area contributed by atoms with Gasteiger partial charge in [0.25, 0.3) is 20.0 Å². The molecule has 2 aliphatic rings. The summed E-state index contributed by atoms with van der Waals surface area (Å²) in [5.41, 5.74) is 6.48. The SMILES string of the molecule is NC(=S)N(c1ccc(S(=O)(=O)Nc2nnc(S(N)(=O)=O)s2)cc1)c1cccc2c1C(=O)OC21c2ccc(O)cc2Oc2cc(O)ccc21. The third kappa shape index (κ3) is 4.95. The van der Waals surface area contributed by atoms with Crippen LogP contribution in [0, 0.1) is 0 Å². The Hall–Kier alpha value is -5.34. The zero-order valence-electron chi connectivity index (χ0n) is 23.9. The highest BCUT2D eigenvalue weighted by Gasteiger charge is 2.54. The van der Waals surface area contributed by atoms with Crippen LogP contribution < -0.4 is 25.2 Å². The van der Waals surface area contributed by atoms with Crippen LogP contribution >= 0.6 is 23.6 Å². The van der Waals surface area contributed by atoms with Gasteiger partial charge in [-0.15, -0.1) is 10.2 Å². The molecule has 7 rings (SSSR count). The number of phenols is 2. The first kappa shape index (κ1) is 31.3. The van der Waals surface area contributed by atoms with Gasteiger partial charge >= 0.3 is 5.97 Å². The standard InChI is InChI=1S/C29H20N6O9S4/c30-26(45)35(14-4-8-17(9-5-14)48(41,42)34-27-32-33-28(46-27)47(31,39)40)21-3-1-2-20-24(21)25(38)44-29(20)18-10-6-15(36)12-22(18)43-23-13-16(37)7-11-19(23)29/h1-13,36-37H,(H2,30,45)(H,32,34)(H2,31,39,40). The number of primary sulfonamides is 1. The zero-order valence-corrected chi connectivity index (χ0v) is 27.2. The molecule has 4 aromatic carbocycles. The van der Waals surface area contributed by atoms with Crippen molar-refractivity contribution in [3.63, 3.8) is 0 Å². The van der Waals surface area contributed by atoms with Crippen molar-refractivity contribution in [1.29, 1.82) is 0 Å². The molecule has 0 aliphatic carbocycles. The number of carbonyl (C=O) groups excluding carboxylic acids is 1. The highest BCUT2D eigenvalue weighted by Crippen LogP contribution is 2.58. The van der Waals surface area contributed by atoms with Crippen LogP contribution in [0.5, 0.6) is 23.0 Å². The summed E-state index contributed by atoms with van der Waals surface area (Å²) in [6.07, 6.45) is 0. The molecule has 2 aliphatic heterocycles. The molecule has 0 atom stereocenters. The van der Waals surface area contributed by atoms with Gasteiger partial charge in [0.15, 0.2) is 10.7 Å². The van der Waals surface area contributed by atoms with E-state index >= 15 is 0 Å². The third-order valence-electron chi connectivity index (χ3n) is 7.52. The monoisotopic (exact) mass is 724 g/mol. The lowest BCUT2D eigenvalue weighted by Crippen LogP contribution is -2.33. The van der Waals surface area contributed by atoms with Crippen molar-refractivity contribution in [3.05, 3.63) is 101 Å². The number of nitrogens with two attached hydrogens (primary N) is 2. The minimum Gasteiger partial charge on any atom is -0.508 e. The van der Waals surface area contributed by atoms with Gasteiger partial charge in [-0.25, -0.2) is 26.8 Å². The first-order valence-corrected chi connectivity index (χ1v) is 17.7. The number of thiocarbonyl (C=S) groups is 1. The molecular formula is C29H20N6O9S4. The average molecular weight is 725 g/mol. The molecule has 48 heavy (non-hydrogen) atoms. The molecule has 7 N–H and O–H groups in total. The van der Waals surface area contributed by atoms with Crippen molar-refractivity contribution >= 4 is 71.2 Å². The molecule has 5 aromatic rings. The van der Waals surface area contributed by atoms with E-state index in [1.807, 2.05) is 0 Å². The van der Waals surface area contributed by atoms with E-state index in [2.05, 4.69) is 14.9 Å². The molecule has 0 saturated carbocycles. The summed E-state index contributed by atoms with van der Waals surface area (Å²) in [7, 11) is -8.44. The molecule has 0 saturated heterocycles. The van der Waals surface area contributed by atoms with Gasteiger partial charge in [0.05, 0.1) is 16.1 Å².